The lowest BCUT2D eigenvalue weighted by Crippen LogP contribution is -2.26. The second-order valence-electron chi connectivity index (χ2n) is 6.05. The van der Waals surface area contributed by atoms with Gasteiger partial charge in [-0.2, -0.15) is 0 Å². The van der Waals surface area contributed by atoms with Crippen LogP contribution in [0.25, 0.3) is 10.9 Å². The van der Waals surface area contributed by atoms with Crippen LogP contribution in [0.1, 0.15) is 31.4 Å². The normalized spacial score (nSPS) is 13.8. The molecule has 5 heteroatoms. The first kappa shape index (κ1) is 15.5. The third-order valence-corrected chi connectivity index (χ3v) is 3.95. The van der Waals surface area contributed by atoms with Crippen LogP contribution in [0.4, 0.5) is 5.69 Å². The third-order valence-electron chi connectivity index (χ3n) is 3.95. The maximum Gasteiger partial charge on any atom is 0.224 e. The smallest absolute Gasteiger partial charge is 0.224 e. The molecule has 2 N–H and O–H groups in total. The van der Waals surface area contributed by atoms with Crippen molar-refractivity contribution >= 4 is 28.4 Å². The predicted molar refractivity (Wildman–Crippen MR) is 90.1 cm³/mol. The Bertz CT molecular complexity index is 738. The lowest BCUT2D eigenvalue weighted by Gasteiger charge is -2.10. The fraction of sp³-hybridized carbons (Fsp3) is 0.389. The number of nitrogens with zero attached hydrogens (tertiary/aromatic N) is 1. The molecule has 1 fully saturated rings. The number of carbonyl (C=O) groups is 2. The number of benzene rings is 1. The molecule has 0 atom stereocenters. The standard InChI is InChI=1S/C18H21N3O2/c1-12-11-16(14-5-2-3-6-15(14)20-12)21-17(22)7-4-10-19-18(23)13-8-9-13/h2-3,5-6,11,13H,4,7-10H2,1H3,(H,19,23)(H,20,21,22). The van der Waals surface area contributed by atoms with Crippen LogP contribution < -0.4 is 10.6 Å². The van der Waals surface area contributed by atoms with E-state index in [0.717, 1.165) is 35.1 Å². The highest BCUT2D eigenvalue weighted by molar-refractivity contribution is 6.01. The Morgan fingerprint density at radius 1 is 1.26 bits per heavy atom. The number of nitrogens with one attached hydrogen (secondary N) is 2. The van der Waals surface area contributed by atoms with Gasteiger partial charge in [0.15, 0.2) is 0 Å². The van der Waals surface area contributed by atoms with Crippen molar-refractivity contribution in [3.63, 3.8) is 0 Å². The maximum absolute atomic E-state index is 12.1. The highest BCUT2D eigenvalue weighted by Crippen LogP contribution is 2.28. The predicted octanol–water partition coefficient (Wildman–Crippen LogP) is 2.79. The molecule has 1 aromatic carbocycles. The van der Waals surface area contributed by atoms with Crippen LogP contribution in [0, 0.1) is 12.8 Å². The van der Waals surface area contributed by atoms with Gasteiger partial charge in [0.25, 0.3) is 0 Å². The second kappa shape index (κ2) is 6.77. The monoisotopic (exact) mass is 311 g/mol. The van der Waals surface area contributed by atoms with Gasteiger partial charge in [0.1, 0.15) is 0 Å². The van der Waals surface area contributed by atoms with Crippen molar-refractivity contribution in [2.24, 2.45) is 5.92 Å². The summed E-state index contributed by atoms with van der Waals surface area (Å²) in [5.41, 5.74) is 2.54. The Hall–Kier alpha value is -2.43. The van der Waals surface area contributed by atoms with E-state index in [4.69, 9.17) is 0 Å². The van der Waals surface area contributed by atoms with E-state index in [2.05, 4.69) is 15.6 Å². The molecular formula is C18H21N3O2. The number of amides is 2. The fourth-order valence-corrected chi connectivity index (χ4v) is 2.57. The molecule has 0 spiro atoms. The van der Waals surface area contributed by atoms with Crippen LogP contribution in [-0.4, -0.2) is 23.3 Å². The molecule has 120 valence electrons. The van der Waals surface area contributed by atoms with Crippen molar-refractivity contribution in [3.05, 3.63) is 36.0 Å². The van der Waals surface area contributed by atoms with Crippen LogP contribution >= 0.6 is 0 Å². The number of aryl methyl sites for hydroxylation is 1. The molecule has 3 rings (SSSR count). The molecule has 23 heavy (non-hydrogen) atoms. The summed E-state index contributed by atoms with van der Waals surface area (Å²) in [4.78, 5) is 28.1. The molecule has 1 aliphatic carbocycles. The number of fused-ring (bicyclic) bond motifs is 1. The number of rotatable bonds is 6. The van der Waals surface area contributed by atoms with Crippen molar-refractivity contribution in [2.45, 2.75) is 32.6 Å². The van der Waals surface area contributed by atoms with Gasteiger partial charge in [0.05, 0.1) is 11.2 Å². The highest BCUT2D eigenvalue weighted by Gasteiger charge is 2.28. The van der Waals surface area contributed by atoms with Crippen LogP contribution in [0.3, 0.4) is 0 Å². The Labute approximate surface area is 135 Å². The number of pyridine rings is 1. The second-order valence-corrected chi connectivity index (χ2v) is 6.05. The number of anilines is 1. The SMILES string of the molecule is Cc1cc(NC(=O)CCCNC(=O)C2CC2)c2ccccc2n1. The summed E-state index contributed by atoms with van der Waals surface area (Å²) in [6, 6.07) is 9.64. The van der Waals surface area contributed by atoms with Gasteiger partial charge in [0, 0.05) is 30.0 Å². The van der Waals surface area contributed by atoms with Crippen molar-refractivity contribution < 1.29 is 9.59 Å². The topological polar surface area (TPSA) is 71.1 Å². The van der Waals surface area contributed by atoms with E-state index >= 15 is 0 Å². The van der Waals surface area contributed by atoms with Gasteiger partial charge in [-0.25, -0.2) is 0 Å². The van der Waals surface area contributed by atoms with Gasteiger partial charge >= 0.3 is 0 Å². The summed E-state index contributed by atoms with van der Waals surface area (Å²) in [5, 5.41) is 6.77. The Balaban J connectivity index is 1.54. The fourth-order valence-electron chi connectivity index (χ4n) is 2.57. The Morgan fingerprint density at radius 2 is 2.04 bits per heavy atom. The molecule has 0 unspecified atom stereocenters. The average Bonchev–Trinajstić information content (AvgIpc) is 3.36. The minimum Gasteiger partial charge on any atom is -0.356 e. The molecule has 1 aromatic heterocycles. The zero-order valence-corrected chi connectivity index (χ0v) is 13.3. The highest BCUT2D eigenvalue weighted by atomic mass is 16.2. The minimum atomic E-state index is -0.0403. The molecule has 0 radical (unpaired) electrons. The molecule has 0 saturated heterocycles. The van der Waals surface area contributed by atoms with E-state index < -0.39 is 0 Å². The first-order valence-corrected chi connectivity index (χ1v) is 8.07. The summed E-state index contributed by atoms with van der Waals surface area (Å²) in [7, 11) is 0. The lowest BCUT2D eigenvalue weighted by molar-refractivity contribution is -0.122. The van der Waals surface area contributed by atoms with E-state index in [-0.39, 0.29) is 17.7 Å². The molecular weight excluding hydrogens is 290 g/mol. The van der Waals surface area contributed by atoms with E-state index in [0.29, 0.717) is 19.4 Å². The number of carbonyl (C=O) groups excluding carboxylic acids is 2. The zero-order valence-electron chi connectivity index (χ0n) is 13.3. The van der Waals surface area contributed by atoms with Gasteiger partial charge in [-0.15, -0.1) is 0 Å². The zero-order chi connectivity index (χ0) is 16.2. The van der Waals surface area contributed by atoms with Gasteiger partial charge in [-0.1, -0.05) is 18.2 Å². The Morgan fingerprint density at radius 3 is 2.83 bits per heavy atom. The van der Waals surface area contributed by atoms with Crippen LogP contribution in [0.15, 0.2) is 30.3 Å². The van der Waals surface area contributed by atoms with Crippen molar-refractivity contribution in [3.8, 4) is 0 Å². The summed E-state index contributed by atoms with van der Waals surface area (Å²) < 4.78 is 0. The van der Waals surface area contributed by atoms with Gasteiger partial charge < -0.3 is 10.6 Å². The lowest BCUT2D eigenvalue weighted by atomic mass is 10.1. The third kappa shape index (κ3) is 4.06. The van der Waals surface area contributed by atoms with Crippen LogP contribution in [-0.2, 0) is 9.59 Å². The van der Waals surface area contributed by atoms with E-state index in [1.165, 1.54) is 0 Å². The summed E-state index contributed by atoms with van der Waals surface area (Å²) >= 11 is 0. The van der Waals surface area contributed by atoms with Crippen LogP contribution in [0.2, 0.25) is 0 Å². The number of hydrogen-bond donors (Lipinski definition) is 2. The minimum absolute atomic E-state index is 0.0403. The number of hydrogen-bond acceptors (Lipinski definition) is 3. The molecule has 5 nitrogen and oxygen atoms in total. The summed E-state index contributed by atoms with van der Waals surface area (Å²) in [6.07, 6.45) is 3.04. The van der Waals surface area contributed by atoms with E-state index in [9.17, 15) is 9.59 Å². The van der Waals surface area contributed by atoms with Crippen molar-refractivity contribution in [1.82, 2.24) is 10.3 Å². The Kier molecular flexibility index (Phi) is 4.55. The molecule has 0 bridgehead atoms. The maximum atomic E-state index is 12.1. The van der Waals surface area contributed by atoms with Gasteiger partial charge in [-0.3, -0.25) is 14.6 Å². The molecule has 0 aliphatic heterocycles. The largest absolute Gasteiger partial charge is 0.356 e. The van der Waals surface area contributed by atoms with Gasteiger partial charge in [-0.05, 0) is 38.3 Å². The molecule has 2 amide bonds. The van der Waals surface area contributed by atoms with Gasteiger partial charge in [0.2, 0.25) is 11.8 Å². The molecule has 1 saturated carbocycles. The average molecular weight is 311 g/mol. The van der Waals surface area contributed by atoms with E-state index in [1.807, 2.05) is 37.3 Å². The van der Waals surface area contributed by atoms with Crippen molar-refractivity contribution in [2.75, 3.05) is 11.9 Å². The first-order chi connectivity index (χ1) is 11.1. The van der Waals surface area contributed by atoms with Crippen molar-refractivity contribution in [1.29, 1.82) is 0 Å². The molecule has 2 aromatic rings. The first-order valence-electron chi connectivity index (χ1n) is 8.07. The van der Waals surface area contributed by atoms with Crippen LogP contribution in [0.5, 0.6) is 0 Å². The molecule has 1 heterocycles. The quantitative estimate of drug-likeness (QED) is 0.806. The summed E-state index contributed by atoms with van der Waals surface area (Å²) in [5.74, 6) is 0.303. The number of para-hydroxylation sites is 1. The molecule has 1 aliphatic rings. The summed E-state index contributed by atoms with van der Waals surface area (Å²) in [6.45, 7) is 2.47. The van der Waals surface area contributed by atoms with E-state index in [1.54, 1.807) is 0 Å². The number of aromatic nitrogens is 1.